The van der Waals surface area contributed by atoms with Gasteiger partial charge in [0.15, 0.2) is 0 Å². The predicted molar refractivity (Wildman–Crippen MR) is 82.9 cm³/mol. The lowest BCUT2D eigenvalue weighted by Gasteiger charge is -2.08. The summed E-state index contributed by atoms with van der Waals surface area (Å²) < 4.78 is 0. The molecular weight excluding hydrogens is 262 g/mol. The van der Waals surface area contributed by atoms with Crippen molar-refractivity contribution in [3.8, 4) is 11.3 Å². The maximum atomic E-state index is 4.48. The van der Waals surface area contributed by atoms with Gasteiger partial charge in [-0.15, -0.1) is 0 Å². The van der Waals surface area contributed by atoms with E-state index in [2.05, 4.69) is 38.5 Å². The molecule has 0 saturated heterocycles. The third kappa shape index (κ3) is 3.08. The highest BCUT2D eigenvalue weighted by Gasteiger charge is 2.08. The Labute approximate surface area is 123 Å². The maximum absolute atomic E-state index is 4.48. The number of hydrogen-bond acceptors (Lipinski definition) is 4. The van der Waals surface area contributed by atoms with Crippen molar-refractivity contribution in [2.24, 2.45) is 0 Å². The number of hydrogen-bond donors (Lipinski definition) is 2. The molecule has 0 spiro atoms. The second-order valence-corrected chi connectivity index (χ2v) is 5.04. The van der Waals surface area contributed by atoms with Gasteiger partial charge < -0.3 is 5.32 Å². The average molecular weight is 279 g/mol. The van der Waals surface area contributed by atoms with Crippen LogP contribution in [0, 0.1) is 13.8 Å². The minimum atomic E-state index is 0.663. The number of nitrogens with zero attached hydrogens (tertiary/aromatic N) is 3. The van der Waals surface area contributed by atoms with Gasteiger partial charge in [0.25, 0.3) is 0 Å². The summed E-state index contributed by atoms with van der Waals surface area (Å²) in [5.74, 6) is 0.880. The molecule has 2 N–H and O–H groups in total. The Morgan fingerprint density at radius 1 is 1.19 bits per heavy atom. The molecule has 3 heterocycles. The minimum Gasteiger partial charge on any atom is -0.366 e. The molecule has 21 heavy (non-hydrogen) atoms. The molecule has 106 valence electrons. The van der Waals surface area contributed by atoms with Crippen LogP contribution < -0.4 is 5.32 Å². The molecule has 0 aliphatic heterocycles. The number of aromatic nitrogens is 4. The molecule has 0 atom stereocenters. The van der Waals surface area contributed by atoms with Crippen LogP contribution in [0.25, 0.3) is 11.3 Å². The van der Waals surface area contributed by atoms with Gasteiger partial charge in [0, 0.05) is 35.8 Å². The second-order valence-electron chi connectivity index (χ2n) is 5.04. The average Bonchev–Trinajstić information content (AvgIpc) is 2.93. The Kier molecular flexibility index (Phi) is 3.64. The monoisotopic (exact) mass is 279 g/mol. The fourth-order valence-corrected chi connectivity index (χ4v) is 2.32. The van der Waals surface area contributed by atoms with Crippen molar-refractivity contribution in [1.82, 2.24) is 20.2 Å². The first-order valence-electron chi connectivity index (χ1n) is 6.84. The van der Waals surface area contributed by atoms with E-state index >= 15 is 0 Å². The number of H-pyrrole nitrogens is 1. The zero-order valence-electron chi connectivity index (χ0n) is 12.1. The van der Waals surface area contributed by atoms with E-state index in [4.69, 9.17) is 0 Å². The molecule has 0 radical (unpaired) electrons. The van der Waals surface area contributed by atoms with Crippen LogP contribution >= 0.6 is 0 Å². The van der Waals surface area contributed by atoms with E-state index in [1.165, 1.54) is 5.56 Å². The molecule has 0 bridgehead atoms. The Morgan fingerprint density at radius 3 is 2.86 bits per heavy atom. The number of pyridine rings is 2. The topological polar surface area (TPSA) is 66.5 Å². The van der Waals surface area contributed by atoms with Crippen LogP contribution in [0.3, 0.4) is 0 Å². The highest BCUT2D eigenvalue weighted by Crippen LogP contribution is 2.20. The van der Waals surface area contributed by atoms with Crippen molar-refractivity contribution < 1.29 is 0 Å². The number of nitrogens with one attached hydrogen (secondary N) is 2. The van der Waals surface area contributed by atoms with E-state index in [1.54, 1.807) is 6.20 Å². The molecule has 0 fully saturated rings. The zero-order chi connectivity index (χ0) is 14.7. The smallest absolute Gasteiger partial charge is 0.126 e. The summed E-state index contributed by atoms with van der Waals surface area (Å²) in [5, 5.41) is 10.5. The second kappa shape index (κ2) is 5.75. The van der Waals surface area contributed by atoms with E-state index in [0.717, 1.165) is 28.3 Å². The third-order valence-electron chi connectivity index (χ3n) is 3.23. The Bertz CT molecular complexity index is 713. The Hall–Kier alpha value is -2.69. The van der Waals surface area contributed by atoms with E-state index in [1.807, 2.05) is 37.5 Å². The molecule has 0 amide bonds. The lowest BCUT2D eigenvalue weighted by molar-refractivity contribution is 1.08. The molecule has 0 unspecified atom stereocenters. The van der Waals surface area contributed by atoms with Crippen molar-refractivity contribution in [3.63, 3.8) is 0 Å². The molecule has 3 aromatic rings. The van der Waals surface area contributed by atoms with Crippen LogP contribution in [0.2, 0.25) is 0 Å². The molecule has 3 aromatic heterocycles. The van der Waals surface area contributed by atoms with Crippen molar-refractivity contribution in [1.29, 1.82) is 0 Å². The lowest BCUT2D eigenvalue weighted by atomic mass is 10.1. The zero-order valence-corrected chi connectivity index (χ0v) is 12.1. The summed E-state index contributed by atoms with van der Waals surface area (Å²) in [4.78, 5) is 8.62. The first-order valence-corrected chi connectivity index (χ1v) is 6.84. The van der Waals surface area contributed by atoms with E-state index in [9.17, 15) is 0 Å². The predicted octanol–water partition coefficient (Wildman–Crippen LogP) is 3.10. The number of aryl methyl sites for hydroxylation is 2. The lowest BCUT2D eigenvalue weighted by Crippen LogP contribution is -2.03. The van der Waals surface area contributed by atoms with E-state index in [0.29, 0.717) is 6.54 Å². The summed E-state index contributed by atoms with van der Waals surface area (Å²) in [6.45, 7) is 4.73. The van der Waals surface area contributed by atoms with Gasteiger partial charge in [-0.1, -0.05) is 0 Å². The highest BCUT2D eigenvalue weighted by molar-refractivity contribution is 5.61. The summed E-state index contributed by atoms with van der Waals surface area (Å²) in [5.41, 5.74) is 5.31. The SMILES string of the molecule is Cc1cc(C)nc(NCc2cn[nH]c2-c2cccnc2)c1. The van der Waals surface area contributed by atoms with Crippen molar-refractivity contribution in [3.05, 3.63) is 59.7 Å². The maximum Gasteiger partial charge on any atom is 0.126 e. The summed E-state index contributed by atoms with van der Waals surface area (Å²) >= 11 is 0. The first kappa shape index (κ1) is 13.3. The fraction of sp³-hybridized carbons (Fsp3) is 0.188. The van der Waals surface area contributed by atoms with Crippen LogP contribution in [0.1, 0.15) is 16.8 Å². The van der Waals surface area contributed by atoms with E-state index < -0.39 is 0 Å². The number of aromatic amines is 1. The van der Waals surface area contributed by atoms with Gasteiger partial charge in [0.1, 0.15) is 5.82 Å². The van der Waals surface area contributed by atoms with Crippen molar-refractivity contribution >= 4 is 5.82 Å². The highest BCUT2D eigenvalue weighted by atomic mass is 15.1. The Morgan fingerprint density at radius 2 is 2.10 bits per heavy atom. The van der Waals surface area contributed by atoms with Crippen LogP contribution in [-0.4, -0.2) is 20.2 Å². The number of rotatable bonds is 4. The van der Waals surface area contributed by atoms with Gasteiger partial charge >= 0.3 is 0 Å². The summed E-state index contributed by atoms with van der Waals surface area (Å²) in [6, 6.07) is 8.03. The van der Waals surface area contributed by atoms with E-state index in [-0.39, 0.29) is 0 Å². The van der Waals surface area contributed by atoms with Crippen LogP contribution in [-0.2, 0) is 6.54 Å². The quantitative estimate of drug-likeness (QED) is 0.770. The van der Waals surface area contributed by atoms with Crippen molar-refractivity contribution in [2.45, 2.75) is 20.4 Å². The third-order valence-corrected chi connectivity index (χ3v) is 3.23. The van der Waals surface area contributed by atoms with Gasteiger partial charge in [0.05, 0.1) is 11.9 Å². The van der Waals surface area contributed by atoms with Gasteiger partial charge in [-0.2, -0.15) is 5.10 Å². The first-order chi connectivity index (χ1) is 10.2. The van der Waals surface area contributed by atoms with Crippen LogP contribution in [0.4, 0.5) is 5.82 Å². The number of anilines is 1. The van der Waals surface area contributed by atoms with Crippen LogP contribution in [0.5, 0.6) is 0 Å². The van der Waals surface area contributed by atoms with Crippen molar-refractivity contribution in [2.75, 3.05) is 5.32 Å². The standard InChI is InChI=1S/C16H17N5/c1-11-6-12(2)20-15(7-11)18-9-14-10-19-21-16(14)13-4-3-5-17-8-13/h3-8,10H,9H2,1-2H3,(H,18,20)(H,19,21). The minimum absolute atomic E-state index is 0.663. The molecule has 0 aliphatic rings. The molecular formula is C16H17N5. The Balaban J connectivity index is 1.79. The molecule has 0 aliphatic carbocycles. The molecule has 5 nitrogen and oxygen atoms in total. The molecule has 0 aromatic carbocycles. The van der Waals surface area contributed by atoms with Gasteiger partial charge in [0.2, 0.25) is 0 Å². The molecule has 0 saturated carbocycles. The van der Waals surface area contributed by atoms with Gasteiger partial charge in [-0.3, -0.25) is 10.1 Å². The van der Waals surface area contributed by atoms with Gasteiger partial charge in [-0.05, 0) is 43.7 Å². The summed E-state index contributed by atoms with van der Waals surface area (Å²) in [7, 11) is 0. The van der Waals surface area contributed by atoms with Crippen LogP contribution in [0.15, 0.2) is 42.9 Å². The van der Waals surface area contributed by atoms with Gasteiger partial charge in [-0.25, -0.2) is 4.98 Å². The largest absolute Gasteiger partial charge is 0.366 e. The molecule has 5 heteroatoms. The normalized spacial score (nSPS) is 10.6. The molecule has 3 rings (SSSR count). The fourth-order valence-electron chi connectivity index (χ4n) is 2.32. The summed E-state index contributed by atoms with van der Waals surface area (Å²) in [6.07, 6.45) is 5.42.